The number of halogens is 1. The van der Waals surface area contributed by atoms with Crippen LogP contribution in [-0.4, -0.2) is 28.9 Å². The van der Waals surface area contributed by atoms with Crippen LogP contribution in [0.5, 0.6) is 5.75 Å². The van der Waals surface area contributed by atoms with Crippen molar-refractivity contribution in [3.05, 3.63) is 77.4 Å². The number of carbonyl (C=O) groups excluding carboxylic acids is 1. The second-order valence-corrected chi connectivity index (χ2v) is 9.33. The van der Waals surface area contributed by atoms with Crippen LogP contribution in [0, 0.1) is 24.6 Å². The monoisotopic (exact) mass is 465 g/mol. The molecule has 3 atom stereocenters. The number of hydrogen-bond acceptors (Lipinski definition) is 4. The molecule has 1 saturated heterocycles. The van der Waals surface area contributed by atoms with Gasteiger partial charge in [-0.3, -0.25) is 9.48 Å². The Bertz CT molecular complexity index is 1140. The Morgan fingerprint density at radius 2 is 2.00 bits per heavy atom. The number of hydrogen-bond donors (Lipinski definition) is 1. The molecular weight excluding hydrogens is 433 g/mol. The van der Waals surface area contributed by atoms with E-state index in [1.54, 1.807) is 23.0 Å². The Kier molecular flexibility index (Phi) is 7.32. The van der Waals surface area contributed by atoms with Gasteiger partial charge in [0.05, 0.1) is 30.3 Å². The van der Waals surface area contributed by atoms with Gasteiger partial charge in [0.1, 0.15) is 11.6 Å². The molecule has 1 amide bonds. The molecule has 3 aromatic rings. The molecule has 34 heavy (non-hydrogen) atoms. The van der Waals surface area contributed by atoms with E-state index >= 15 is 0 Å². The van der Waals surface area contributed by atoms with Gasteiger partial charge < -0.3 is 14.8 Å². The van der Waals surface area contributed by atoms with E-state index in [1.165, 1.54) is 6.07 Å². The number of rotatable bonds is 7. The molecule has 0 saturated carbocycles. The number of benzene rings is 2. The van der Waals surface area contributed by atoms with E-state index in [9.17, 15) is 9.18 Å². The van der Waals surface area contributed by atoms with Crippen molar-refractivity contribution < 1.29 is 18.7 Å². The molecule has 0 unspecified atom stereocenters. The standard InChI is InChI=1S/C27H32FN3O3/c1-17(2)24-13-21(19-7-5-9-22(28)11-19)15-34-27(24)20-8-6-10-23(12-20)33-16-26(32)30-25-14-29-31(4)18(25)3/h5-12,14,17,21,24,27H,13,15-16H2,1-4H3,(H,30,32)/t21-,24-,27-/m0/s1. The van der Waals surface area contributed by atoms with Crippen molar-refractivity contribution in [1.29, 1.82) is 0 Å². The summed E-state index contributed by atoms with van der Waals surface area (Å²) in [5.74, 6) is 0.989. The first-order valence-electron chi connectivity index (χ1n) is 11.7. The number of ether oxygens (including phenoxy) is 2. The molecule has 6 nitrogen and oxygen atoms in total. The minimum Gasteiger partial charge on any atom is -0.484 e. The highest BCUT2D eigenvalue weighted by Gasteiger charge is 2.35. The van der Waals surface area contributed by atoms with Crippen LogP contribution in [0.1, 0.15) is 49.1 Å². The predicted octanol–water partition coefficient (Wildman–Crippen LogP) is 5.40. The second-order valence-electron chi connectivity index (χ2n) is 9.33. The first-order chi connectivity index (χ1) is 16.3. The molecule has 0 bridgehead atoms. The van der Waals surface area contributed by atoms with Gasteiger partial charge in [0.15, 0.2) is 6.61 Å². The van der Waals surface area contributed by atoms with Crippen molar-refractivity contribution in [1.82, 2.24) is 9.78 Å². The van der Waals surface area contributed by atoms with Crippen molar-refractivity contribution >= 4 is 11.6 Å². The third-order valence-corrected chi connectivity index (χ3v) is 6.66. The van der Waals surface area contributed by atoms with E-state index in [0.29, 0.717) is 24.0 Å². The number of anilines is 1. The lowest BCUT2D eigenvalue weighted by atomic mass is 9.76. The van der Waals surface area contributed by atoms with Gasteiger partial charge in [0.2, 0.25) is 0 Å². The van der Waals surface area contributed by atoms with Gasteiger partial charge in [-0.15, -0.1) is 0 Å². The quantitative estimate of drug-likeness (QED) is 0.507. The molecule has 2 heterocycles. The summed E-state index contributed by atoms with van der Waals surface area (Å²) in [6.45, 7) is 6.72. The normalized spacial score (nSPS) is 20.4. The Hall–Kier alpha value is -3.19. The summed E-state index contributed by atoms with van der Waals surface area (Å²) in [7, 11) is 1.82. The maximum atomic E-state index is 13.7. The topological polar surface area (TPSA) is 65.4 Å². The zero-order valence-electron chi connectivity index (χ0n) is 20.1. The fourth-order valence-corrected chi connectivity index (χ4v) is 4.56. The molecule has 7 heteroatoms. The van der Waals surface area contributed by atoms with Crippen LogP contribution in [0.3, 0.4) is 0 Å². The Labute approximate surface area is 200 Å². The van der Waals surface area contributed by atoms with Gasteiger partial charge in [-0.2, -0.15) is 5.10 Å². The molecule has 1 aliphatic rings. The molecule has 180 valence electrons. The van der Waals surface area contributed by atoms with Gasteiger partial charge in [0, 0.05) is 13.0 Å². The van der Waals surface area contributed by atoms with Crippen LogP contribution in [0.15, 0.2) is 54.7 Å². The molecule has 1 aromatic heterocycles. The average Bonchev–Trinajstić information content (AvgIpc) is 3.14. The summed E-state index contributed by atoms with van der Waals surface area (Å²) >= 11 is 0. The van der Waals surface area contributed by atoms with E-state index in [0.717, 1.165) is 23.2 Å². The van der Waals surface area contributed by atoms with E-state index in [2.05, 4.69) is 24.3 Å². The Balaban J connectivity index is 1.41. The number of aryl methyl sites for hydroxylation is 1. The minimum absolute atomic E-state index is 0.0831. The molecular formula is C27H32FN3O3. The summed E-state index contributed by atoms with van der Waals surface area (Å²) in [6.07, 6.45) is 2.46. The fourth-order valence-electron chi connectivity index (χ4n) is 4.56. The number of nitrogens with zero attached hydrogens (tertiary/aromatic N) is 2. The van der Waals surface area contributed by atoms with E-state index in [4.69, 9.17) is 9.47 Å². The van der Waals surface area contributed by atoms with Gasteiger partial charge in [0.25, 0.3) is 5.91 Å². The zero-order valence-corrected chi connectivity index (χ0v) is 20.1. The van der Waals surface area contributed by atoms with Gasteiger partial charge in [-0.1, -0.05) is 38.1 Å². The van der Waals surface area contributed by atoms with Gasteiger partial charge >= 0.3 is 0 Å². The number of aromatic nitrogens is 2. The summed E-state index contributed by atoms with van der Waals surface area (Å²) in [5, 5.41) is 6.96. The van der Waals surface area contributed by atoms with Crippen molar-refractivity contribution in [3.8, 4) is 5.75 Å². The lowest BCUT2D eigenvalue weighted by Gasteiger charge is -2.39. The molecule has 1 N–H and O–H groups in total. The first-order valence-corrected chi connectivity index (χ1v) is 11.7. The van der Waals surface area contributed by atoms with Crippen LogP contribution in [-0.2, 0) is 16.6 Å². The van der Waals surface area contributed by atoms with Crippen molar-refractivity contribution in [2.24, 2.45) is 18.9 Å². The number of nitrogens with one attached hydrogen (secondary N) is 1. The van der Waals surface area contributed by atoms with E-state index < -0.39 is 0 Å². The third kappa shape index (κ3) is 5.47. The molecule has 1 fully saturated rings. The van der Waals surface area contributed by atoms with Crippen LogP contribution < -0.4 is 10.1 Å². The molecule has 0 radical (unpaired) electrons. The van der Waals surface area contributed by atoms with Crippen LogP contribution >= 0.6 is 0 Å². The van der Waals surface area contributed by atoms with Crippen molar-refractivity contribution in [2.75, 3.05) is 18.5 Å². The number of carbonyl (C=O) groups is 1. The highest BCUT2D eigenvalue weighted by atomic mass is 19.1. The Morgan fingerprint density at radius 3 is 2.71 bits per heavy atom. The van der Waals surface area contributed by atoms with Gasteiger partial charge in [-0.25, -0.2) is 4.39 Å². The van der Waals surface area contributed by atoms with Crippen molar-refractivity contribution in [3.63, 3.8) is 0 Å². The SMILES string of the molecule is Cc1c(NC(=O)COc2cccc([C@@H]3OC[C@@H](c4cccc(F)c4)C[C@H]3C(C)C)c2)cnn1C. The van der Waals surface area contributed by atoms with Crippen LogP contribution in [0.4, 0.5) is 10.1 Å². The maximum absolute atomic E-state index is 13.7. The summed E-state index contributed by atoms with van der Waals surface area (Å²) < 4.78 is 27.6. The zero-order chi connectivity index (χ0) is 24.2. The summed E-state index contributed by atoms with van der Waals surface area (Å²) in [5.41, 5.74) is 3.56. The van der Waals surface area contributed by atoms with E-state index in [-0.39, 0.29) is 36.3 Å². The summed E-state index contributed by atoms with van der Waals surface area (Å²) in [4.78, 5) is 12.3. The maximum Gasteiger partial charge on any atom is 0.262 e. The molecule has 4 rings (SSSR count). The largest absolute Gasteiger partial charge is 0.484 e. The minimum atomic E-state index is -0.242. The van der Waals surface area contributed by atoms with Crippen LogP contribution in [0.25, 0.3) is 0 Å². The predicted molar refractivity (Wildman–Crippen MR) is 129 cm³/mol. The lowest BCUT2D eigenvalue weighted by Crippen LogP contribution is -2.31. The molecule has 1 aliphatic heterocycles. The molecule has 2 aromatic carbocycles. The lowest BCUT2D eigenvalue weighted by molar-refractivity contribution is -0.118. The highest BCUT2D eigenvalue weighted by molar-refractivity contribution is 5.92. The Morgan fingerprint density at radius 1 is 1.24 bits per heavy atom. The highest BCUT2D eigenvalue weighted by Crippen LogP contribution is 2.44. The fraction of sp³-hybridized carbons (Fsp3) is 0.407. The third-order valence-electron chi connectivity index (χ3n) is 6.66. The average molecular weight is 466 g/mol. The first kappa shape index (κ1) is 24.0. The molecule has 0 spiro atoms. The molecule has 0 aliphatic carbocycles. The van der Waals surface area contributed by atoms with Crippen LogP contribution in [0.2, 0.25) is 0 Å². The van der Waals surface area contributed by atoms with Gasteiger partial charge in [-0.05, 0) is 60.6 Å². The second kappa shape index (κ2) is 10.4. The van der Waals surface area contributed by atoms with E-state index in [1.807, 2.05) is 44.3 Å². The summed E-state index contributed by atoms with van der Waals surface area (Å²) in [6, 6.07) is 14.6. The van der Waals surface area contributed by atoms with Crippen molar-refractivity contribution in [2.45, 2.75) is 39.2 Å². The number of amides is 1. The smallest absolute Gasteiger partial charge is 0.262 e.